The molecule has 0 aliphatic heterocycles. The SMILES string of the molecule is CCCCSc1nnc(SCC(=O)Nc2ccc(/C=C/C(=O)OCC)cc2)s1. The summed E-state index contributed by atoms with van der Waals surface area (Å²) >= 11 is 4.62. The van der Waals surface area contributed by atoms with Crippen molar-refractivity contribution in [3.63, 3.8) is 0 Å². The number of hydrogen-bond donors (Lipinski definition) is 1. The maximum Gasteiger partial charge on any atom is 0.330 e. The van der Waals surface area contributed by atoms with E-state index in [-0.39, 0.29) is 17.6 Å². The molecule has 1 N–H and O–H groups in total. The Morgan fingerprint density at radius 1 is 1.14 bits per heavy atom. The first-order valence-electron chi connectivity index (χ1n) is 8.94. The Morgan fingerprint density at radius 3 is 2.54 bits per heavy atom. The lowest BCUT2D eigenvalue weighted by atomic mass is 10.2. The van der Waals surface area contributed by atoms with Crippen LogP contribution in [0.4, 0.5) is 5.69 Å². The van der Waals surface area contributed by atoms with Crippen molar-refractivity contribution in [2.75, 3.05) is 23.4 Å². The van der Waals surface area contributed by atoms with E-state index in [2.05, 4.69) is 22.4 Å². The average molecular weight is 438 g/mol. The number of carbonyl (C=O) groups excluding carboxylic acids is 2. The summed E-state index contributed by atoms with van der Waals surface area (Å²) < 4.78 is 6.58. The number of nitrogens with one attached hydrogen (secondary N) is 1. The highest BCUT2D eigenvalue weighted by Crippen LogP contribution is 2.29. The number of rotatable bonds is 11. The van der Waals surface area contributed by atoms with E-state index in [1.54, 1.807) is 36.9 Å². The molecule has 0 aliphatic rings. The van der Waals surface area contributed by atoms with E-state index < -0.39 is 0 Å². The quantitative estimate of drug-likeness (QED) is 0.235. The zero-order valence-electron chi connectivity index (χ0n) is 15.8. The summed E-state index contributed by atoms with van der Waals surface area (Å²) in [5.74, 6) is 0.843. The van der Waals surface area contributed by atoms with Gasteiger partial charge < -0.3 is 10.1 Å². The molecule has 1 aromatic carbocycles. The maximum absolute atomic E-state index is 12.1. The molecular formula is C19H23N3O3S3. The molecule has 9 heteroatoms. The van der Waals surface area contributed by atoms with Crippen molar-refractivity contribution in [1.29, 1.82) is 0 Å². The first-order valence-corrected chi connectivity index (χ1v) is 11.7. The summed E-state index contributed by atoms with van der Waals surface area (Å²) in [6, 6.07) is 7.23. The Bertz CT molecular complexity index is 791. The summed E-state index contributed by atoms with van der Waals surface area (Å²) in [6.07, 6.45) is 5.37. The molecular weight excluding hydrogens is 414 g/mol. The number of aromatic nitrogens is 2. The standard InChI is InChI=1S/C19H23N3O3S3/c1-3-5-12-26-18-21-22-19(28-18)27-13-16(23)20-15-9-6-14(7-10-15)8-11-17(24)25-4-2/h6-11H,3-5,12-13H2,1-2H3,(H,20,23)/b11-8+. The number of ether oxygens (including phenoxy) is 1. The van der Waals surface area contributed by atoms with Gasteiger partial charge >= 0.3 is 5.97 Å². The van der Waals surface area contributed by atoms with Crippen LogP contribution in [0.25, 0.3) is 6.08 Å². The van der Waals surface area contributed by atoms with Crippen LogP contribution in [0.3, 0.4) is 0 Å². The van der Waals surface area contributed by atoms with Gasteiger partial charge in [-0.1, -0.05) is 60.3 Å². The summed E-state index contributed by atoms with van der Waals surface area (Å²) in [4.78, 5) is 23.4. The second-order valence-electron chi connectivity index (χ2n) is 5.58. The van der Waals surface area contributed by atoms with Gasteiger partial charge in [-0.3, -0.25) is 4.79 Å². The Hall–Kier alpha value is -1.84. The lowest BCUT2D eigenvalue weighted by molar-refractivity contribution is -0.137. The third kappa shape index (κ3) is 8.45. The zero-order valence-corrected chi connectivity index (χ0v) is 18.3. The van der Waals surface area contributed by atoms with E-state index in [1.807, 2.05) is 12.1 Å². The predicted molar refractivity (Wildman–Crippen MR) is 117 cm³/mol. The Balaban J connectivity index is 1.76. The Kier molecular flexibility index (Phi) is 10.1. The topological polar surface area (TPSA) is 81.2 Å². The fourth-order valence-corrected chi connectivity index (χ4v) is 4.95. The van der Waals surface area contributed by atoms with Crippen LogP contribution in [0.1, 0.15) is 32.3 Å². The molecule has 1 heterocycles. The molecule has 28 heavy (non-hydrogen) atoms. The van der Waals surface area contributed by atoms with E-state index in [0.717, 1.165) is 32.8 Å². The first kappa shape index (κ1) is 22.4. The average Bonchev–Trinajstić information content (AvgIpc) is 3.14. The number of carbonyl (C=O) groups is 2. The molecule has 2 aromatic rings. The number of benzene rings is 1. The molecule has 0 fully saturated rings. The van der Waals surface area contributed by atoms with Crippen LogP contribution >= 0.6 is 34.9 Å². The molecule has 150 valence electrons. The van der Waals surface area contributed by atoms with Crippen LogP contribution in [-0.2, 0) is 14.3 Å². The molecule has 6 nitrogen and oxygen atoms in total. The lowest BCUT2D eigenvalue weighted by Crippen LogP contribution is -2.13. The fourth-order valence-electron chi connectivity index (χ4n) is 1.97. The van der Waals surface area contributed by atoms with Gasteiger partial charge in [0.25, 0.3) is 0 Å². The van der Waals surface area contributed by atoms with Gasteiger partial charge in [-0.05, 0) is 37.1 Å². The van der Waals surface area contributed by atoms with Gasteiger partial charge in [0.1, 0.15) is 0 Å². The highest BCUT2D eigenvalue weighted by atomic mass is 32.2. The predicted octanol–water partition coefficient (Wildman–Crippen LogP) is 4.74. The summed E-state index contributed by atoms with van der Waals surface area (Å²) in [5.41, 5.74) is 1.55. The van der Waals surface area contributed by atoms with Crippen LogP contribution in [0.15, 0.2) is 39.0 Å². The van der Waals surface area contributed by atoms with E-state index in [9.17, 15) is 9.59 Å². The molecule has 0 saturated carbocycles. The first-order chi connectivity index (χ1) is 13.6. The minimum absolute atomic E-state index is 0.102. The highest BCUT2D eigenvalue weighted by Gasteiger charge is 2.09. The molecule has 0 bridgehead atoms. The summed E-state index contributed by atoms with van der Waals surface area (Å²) in [6.45, 7) is 4.27. The summed E-state index contributed by atoms with van der Waals surface area (Å²) in [5, 5.41) is 11.1. The van der Waals surface area contributed by atoms with Crippen molar-refractivity contribution in [2.24, 2.45) is 0 Å². The van der Waals surface area contributed by atoms with E-state index in [1.165, 1.54) is 29.2 Å². The normalized spacial score (nSPS) is 10.9. The van der Waals surface area contributed by atoms with Gasteiger partial charge in [-0.15, -0.1) is 10.2 Å². The van der Waals surface area contributed by atoms with Gasteiger partial charge in [0.15, 0.2) is 8.68 Å². The molecule has 1 aromatic heterocycles. The number of hydrogen-bond acceptors (Lipinski definition) is 8. The van der Waals surface area contributed by atoms with Gasteiger partial charge in [0.2, 0.25) is 5.91 Å². The number of amides is 1. The van der Waals surface area contributed by atoms with E-state index in [4.69, 9.17) is 4.74 Å². The van der Waals surface area contributed by atoms with Gasteiger partial charge in [-0.25, -0.2) is 4.79 Å². The molecule has 0 radical (unpaired) electrons. The van der Waals surface area contributed by atoms with E-state index in [0.29, 0.717) is 12.3 Å². The van der Waals surface area contributed by atoms with Crippen LogP contribution < -0.4 is 5.32 Å². The molecule has 0 unspecified atom stereocenters. The smallest absolute Gasteiger partial charge is 0.330 e. The molecule has 2 rings (SSSR count). The molecule has 0 saturated heterocycles. The number of esters is 1. The molecule has 1 amide bonds. The van der Waals surface area contributed by atoms with Gasteiger partial charge in [0, 0.05) is 17.5 Å². The third-order valence-corrected chi connectivity index (χ3v) is 6.61. The van der Waals surface area contributed by atoms with Crippen molar-refractivity contribution < 1.29 is 14.3 Å². The Labute approximate surface area is 177 Å². The van der Waals surface area contributed by atoms with Crippen molar-refractivity contribution in [1.82, 2.24) is 10.2 Å². The zero-order chi connectivity index (χ0) is 20.2. The van der Waals surface area contributed by atoms with Crippen molar-refractivity contribution in [2.45, 2.75) is 35.4 Å². The van der Waals surface area contributed by atoms with Crippen LogP contribution in [0, 0.1) is 0 Å². The number of unbranched alkanes of at least 4 members (excludes halogenated alkanes) is 1. The minimum atomic E-state index is -0.375. The highest BCUT2D eigenvalue weighted by molar-refractivity contribution is 8.03. The second kappa shape index (κ2) is 12.6. The maximum atomic E-state index is 12.1. The van der Waals surface area contributed by atoms with Crippen LogP contribution in [0.5, 0.6) is 0 Å². The van der Waals surface area contributed by atoms with Crippen LogP contribution in [0.2, 0.25) is 0 Å². The number of nitrogens with zero attached hydrogens (tertiary/aromatic N) is 2. The molecule has 0 aliphatic carbocycles. The van der Waals surface area contributed by atoms with E-state index >= 15 is 0 Å². The van der Waals surface area contributed by atoms with Crippen molar-refractivity contribution in [3.8, 4) is 0 Å². The second-order valence-corrected chi connectivity index (χ2v) is 9.12. The van der Waals surface area contributed by atoms with Gasteiger partial charge in [0.05, 0.1) is 12.4 Å². The van der Waals surface area contributed by atoms with Crippen LogP contribution in [-0.4, -0.2) is 40.2 Å². The molecule has 0 atom stereocenters. The number of anilines is 1. The van der Waals surface area contributed by atoms with Crippen molar-refractivity contribution >= 4 is 58.5 Å². The number of thioether (sulfide) groups is 2. The molecule has 0 spiro atoms. The summed E-state index contributed by atoms with van der Waals surface area (Å²) in [7, 11) is 0. The minimum Gasteiger partial charge on any atom is -0.463 e. The third-order valence-electron chi connectivity index (χ3n) is 3.33. The Morgan fingerprint density at radius 2 is 1.86 bits per heavy atom. The monoisotopic (exact) mass is 437 g/mol. The lowest BCUT2D eigenvalue weighted by Gasteiger charge is -2.04. The largest absolute Gasteiger partial charge is 0.463 e. The fraction of sp³-hybridized carbons (Fsp3) is 0.368. The van der Waals surface area contributed by atoms with Crippen molar-refractivity contribution in [3.05, 3.63) is 35.9 Å². The van der Waals surface area contributed by atoms with Gasteiger partial charge in [-0.2, -0.15) is 0 Å².